The largest absolute Gasteiger partial charge is 0.367 e. The second-order valence-corrected chi connectivity index (χ2v) is 9.39. The number of nitrogens with zero attached hydrogens (tertiary/aromatic N) is 3. The summed E-state index contributed by atoms with van der Waals surface area (Å²) in [6.45, 7) is 6.96. The first-order valence-corrected chi connectivity index (χ1v) is 8.86. The van der Waals surface area contributed by atoms with Gasteiger partial charge in [-0.1, -0.05) is 0 Å². The van der Waals surface area contributed by atoms with Gasteiger partial charge in [-0.15, -0.1) is 0 Å². The third-order valence-corrected chi connectivity index (χ3v) is 6.83. The van der Waals surface area contributed by atoms with Crippen LogP contribution in [0, 0.1) is 0 Å². The Morgan fingerprint density at radius 2 is 1.81 bits per heavy atom. The van der Waals surface area contributed by atoms with E-state index in [1.165, 1.54) is 4.31 Å². The van der Waals surface area contributed by atoms with E-state index in [-0.39, 0.29) is 5.56 Å². The summed E-state index contributed by atoms with van der Waals surface area (Å²) < 4.78 is 25.9. The van der Waals surface area contributed by atoms with Crippen LogP contribution in [0.15, 0.2) is 15.5 Å². The SMILES string of the molecule is CC(C)(C)S(=O)(=O)N1CCN(c2cn[nH]c(=O)c2Br)CC1. The van der Waals surface area contributed by atoms with E-state index >= 15 is 0 Å². The molecule has 1 aliphatic heterocycles. The van der Waals surface area contributed by atoms with E-state index < -0.39 is 14.8 Å². The summed E-state index contributed by atoms with van der Waals surface area (Å²) in [5.41, 5.74) is 0.392. The Morgan fingerprint density at radius 1 is 1.24 bits per heavy atom. The molecular formula is C12H19BrN4O3S. The molecule has 21 heavy (non-hydrogen) atoms. The van der Waals surface area contributed by atoms with Crippen molar-refractivity contribution >= 4 is 31.6 Å². The maximum atomic E-state index is 12.4. The van der Waals surface area contributed by atoms with Crippen LogP contribution in [0.1, 0.15) is 20.8 Å². The molecule has 1 saturated heterocycles. The fourth-order valence-electron chi connectivity index (χ4n) is 2.15. The Morgan fingerprint density at radius 3 is 2.33 bits per heavy atom. The summed E-state index contributed by atoms with van der Waals surface area (Å²) in [7, 11) is -3.31. The summed E-state index contributed by atoms with van der Waals surface area (Å²) in [6, 6.07) is 0. The molecule has 0 spiro atoms. The average molecular weight is 379 g/mol. The number of halogens is 1. The second kappa shape index (κ2) is 5.69. The smallest absolute Gasteiger partial charge is 0.280 e. The van der Waals surface area contributed by atoms with E-state index in [0.29, 0.717) is 36.3 Å². The molecule has 2 heterocycles. The number of sulfonamides is 1. The highest BCUT2D eigenvalue weighted by atomic mass is 79.9. The van der Waals surface area contributed by atoms with Crippen LogP contribution in [0.4, 0.5) is 5.69 Å². The maximum absolute atomic E-state index is 12.4. The standard InChI is InChI=1S/C12H19BrN4O3S/c1-12(2,3)21(19,20)17-6-4-16(5-7-17)9-8-14-15-11(18)10(9)13/h8H,4-7H2,1-3H3,(H,15,18). The first-order chi connectivity index (χ1) is 9.64. The van der Waals surface area contributed by atoms with Gasteiger partial charge in [0.1, 0.15) is 4.47 Å². The van der Waals surface area contributed by atoms with Crippen molar-refractivity contribution in [1.82, 2.24) is 14.5 Å². The first kappa shape index (κ1) is 16.4. The monoisotopic (exact) mass is 378 g/mol. The van der Waals surface area contributed by atoms with Crippen LogP contribution in [-0.4, -0.2) is 53.8 Å². The minimum atomic E-state index is -3.31. The third-order valence-electron chi connectivity index (χ3n) is 3.47. The maximum Gasteiger partial charge on any atom is 0.280 e. The lowest BCUT2D eigenvalue weighted by molar-refractivity contribution is 0.371. The van der Waals surface area contributed by atoms with Crippen molar-refractivity contribution < 1.29 is 8.42 Å². The van der Waals surface area contributed by atoms with Gasteiger partial charge in [-0.25, -0.2) is 13.5 Å². The van der Waals surface area contributed by atoms with E-state index in [1.807, 2.05) is 4.90 Å². The van der Waals surface area contributed by atoms with Gasteiger partial charge in [-0.05, 0) is 36.7 Å². The molecule has 1 aromatic rings. The molecule has 0 aromatic carbocycles. The molecule has 1 aliphatic rings. The Balaban J connectivity index is 2.15. The van der Waals surface area contributed by atoms with Gasteiger partial charge in [0.15, 0.2) is 0 Å². The average Bonchev–Trinajstić information content (AvgIpc) is 2.41. The number of nitrogens with one attached hydrogen (secondary N) is 1. The molecule has 0 bridgehead atoms. The van der Waals surface area contributed by atoms with E-state index in [4.69, 9.17) is 0 Å². The molecule has 1 aromatic heterocycles. The molecule has 0 atom stereocenters. The summed E-state index contributed by atoms with van der Waals surface area (Å²) in [6.07, 6.45) is 1.57. The number of piperazine rings is 1. The molecule has 0 aliphatic carbocycles. The Hall–Kier alpha value is -0.930. The zero-order chi connectivity index (χ0) is 15.8. The van der Waals surface area contributed by atoms with E-state index in [1.54, 1.807) is 27.0 Å². The quantitative estimate of drug-likeness (QED) is 0.821. The van der Waals surface area contributed by atoms with Crippen LogP contribution >= 0.6 is 15.9 Å². The minimum absolute atomic E-state index is 0.294. The summed E-state index contributed by atoms with van der Waals surface area (Å²) >= 11 is 3.24. The van der Waals surface area contributed by atoms with E-state index in [0.717, 1.165) is 0 Å². The molecule has 7 nitrogen and oxygen atoms in total. The van der Waals surface area contributed by atoms with E-state index in [9.17, 15) is 13.2 Å². The van der Waals surface area contributed by atoms with Gasteiger partial charge in [0.25, 0.3) is 5.56 Å². The van der Waals surface area contributed by atoms with Crippen molar-refractivity contribution in [2.75, 3.05) is 31.1 Å². The Labute approximate surface area is 132 Å². The lowest BCUT2D eigenvalue weighted by atomic mass is 10.3. The van der Waals surface area contributed by atoms with Crippen LogP contribution in [-0.2, 0) is 10.0 Å². The summed E-state index contributed by atoms with van der Waals surface area (Å²) in [5.74, 6) is 0. The van der Waals surface area contributed by atoms with Crippen molar-refractivity contribution in [3.63, 3.8) is 0 Å². The number of H-pyrrole nitrogens is 1. The molecule has 0 amide bonds. The zero-order valence-corrected chi connectivity index (χ0v) is 14.7. The number of aromatic nitrogens is 2. The van der Waals surface area contributed by atoms with Gasteiger partial charge >= 0.3 is 0 Å². The minimum Gasteiger partial charge on any atom is -0.367 e. The number of hydrogen-bond acceptors (Lipinski definition) is 5. The lowest BCUT2D eigenvalue weighted by Gasteiger charge is -2.38. The van der Waals surface area contributed by atoms with Crippen LogP contribution in [0.25, 0.3) is 0 Å². The van der Waals surface area contributed by atoms with Gasteiger partial charge < -0.3 is 4.90 Å². The molecule has 1 N–H and O–H groups in total. The molecule has 1 fully saturated rings. The van der Waals surface area contributed by atoms with Crippen LogP contribution in [0.5, 0.6) is 0 Å². The Bertz CT molecular complexity index is 672. The summed E-state index contributed by atoms with van der Waals surface area (Å²) in [4.78, 5) is 13.5. The molecule has 9 heteroatoms. The van der Waals surface area contributed by atoms with E-state index in [2.05, 4.69) is 26.1 Å². The van der Waals surface area contributed by atoms with Gasteiger partial charge in [-0.3, -0.25) is 4.79 Å². The highest BCUT2D eigenvalue weighted by molar-refractivity contribution is 9.10. The third kappa shape index (κ3) is 3.14. The van der Waals surface area contributed by atoms with Gasteiger partial charge in [0, 0.05) is 26.2 Å². The van der Waals surface area contributed by atoms with Gasteiger partial charge in [-0.2, -0.15) is 9.40 Å². The van der Waals surface area contributed by atoms with Crippen molar-refractivity contribution in [2.45, 2.75) is 25.5 Å². The normalized spacial score (nSPS) is 18.0. The zero-order valence-electron chi connectivity index (χ0n) is 12.3. The number of rotatable bonds is 2. The lowest BCUT2D eigenvalue weighted by Crippen LogP contribution is -2.53. The van der Waals surface area contributed by atoms with Crippen LogP contribution in [0.2, 0.25) is 0 Å². The predicted octanol–water partition coefficient (Wildman–Crippen LogP) is 0.783. The van der Waals surface area contributed by atoms with Gasteiger partial charge in [0.05, 0.1) is 16.6 Å². The fraction of sp³-hybridized carbons (Fsp3) is 0.667. The fourth-order valence-corrected chi connectivity index (χ4v) is 4.01. The number of anilines is 1. The molecule has 0 unspecified atom stereocenters. The molecular weight excluding hydrogens is 360 g/mol. The molecule has 0 saturated carbocycles. The van der Waals surface area contributed by atoms with Gasteiger partial charge in [0.2, 0.25) is 10.0 Å². The van der Waals surface area contributed by atoms with Crippen LogP contribution < -0.4 is 10.5 Å². The highest BCUT2D eigenvalue weighted by Crippen LogP contribution is 2.25. The second-order valence-electron chi connectivity index (χ2n) is 5.90. The highest BCUT2D eigenvalue weighted by Gasteiger charge is 2.37. The topological polar surface area (TPSA) is 86.4 Å². The molecule has 2 rings (SSSR count). The number of aromatic amines is 1. The van der Waals surface area contributed by atoms with Crippen molar-refractivity contribution in [2.24, 2.45) is 0 Å². The molecule has 118 valence electrons. The predicted molar refractivity (Wildman–Crippen MR) is 85.0 cm³/mol. The molecule has 0 radical (unpaired) electrons. The van der Waals surface area contributed by atoms with Crippen molar-refractivity contribution in [3.8, 4) is 0 Å². The first-order valence-electron chi connectivity index (χ1n) is 6.62. The van der Waals surface area contributed by atoms with Crippen LogP contribution in [0.3, 0.4) is 0 Å². The summed E-state index contributed by atoms with van der Waals surface area (Å²) in [5, 5.41) is 6.13. The van der Waals surface area contributed by atoms with Crippen molar-refractivity contribution in [1.29, 1.82) is 0 Å². The number of hydrogen-bond donors (Lipinski definition) is 1. The Kier molecular flexibility index (Phi) is 4.46. The van der Waals surface area contributed by atoms with Crippen molar-refractivity contribution in [3.05, 3.63) is 21.0 Å².